The van der Waals surface area contributed by atoms with E-state index in [4.69, 9.17) is 14.6 Å². The number of carbonyl (C=O) groups is 1. The van der Waals surface area contributed by atoms with Gasteiger partial charge in [0.25, 0.3) is 0 Å². The number of aliphatic hydroxyl groups is 4. The van der Waals surface area contributed by atoms with Crippen molar-refractivity contribution in [3.05, 3.63) is 35.4 Å². The van der Waals surface area contributed by atoms with Crippen LogP contribution in [0.25, 0.3) is 0 Å². The fourth-order valence-corrected chi connectivity index (χ4v) is 4.80. The predicted molar refractivity (Wildman–Crippen MR) is 110 cm³/mol. The largest absolute Gasteiger partial charge is 0.481 e. The van der Waals surface area contributed by atoms with Gasteiger partial charge < -0.3 is 35.0 Å². The Bertz CT molecular complexity index is 731. The van der Waals surface area contributed by atoms with Gasteiger partial charge in [0.1, 0.15) is 23.9 Å². The summed E-state index contributed by atoms with van der Waals surface area (Å²) in [6, 6.07) is 7.37. The molecule has 5 N–H and O–H groups in total. The summed E-state index contributed by atoms with van der Waals surface area (Å²) in [6.45, 7) is 1.58. The van der Waals surface area contributed by atoms with E-state index >= 15 is 0 Å². The molecule has 2 aliphatic rings. The Kier molecular flexibility index (Phi) is 7.78. The molecule has 0 aromatic heterocycles. The lowest BCUT2D eigenvalue weighted by Crippen LogP contribution is -2.59. The van der Waals surface area contributed by atoms with Crippen LogP contribution in [0.2, 0.25) is 0 Å². The van der Waals surface area contributed by atoms with E-state index in [1.54, 1.807) is 6.92 Å². The lowest BCUT2D eigenvalue weighted by atomic mass is 9.77. The van der Waals surface area contributed by atoms with E-state index in [-0.39, 0.29) is 5.75 Å². The molecule has 1 aromatic rings. The van der Waals surface area contributed by atoms with E-state index in [1.807, 2.05) is 24.3 Å². The van der Waals surface area contributed by atoms with Crippen molar-refractivity contribution < 1.29 is 39.8 Å². The summed E-state index contributed by atoms with van der Waals surface area (Å²) in [5, 5.41) is 50.6. The monoisotopic (exact) mass is 442 g/mol. The van der Waals surface area contributed by atoms with E-state index in [0.717, 1.165) is 18.4 Å². The molecule has 1 saturated heterocycles. The minimum atomic E-state index is -1.43. The Morgan fingerprint density at radius 2 is 2.00 bits per heavy atom. The van der Waals surface area contributed by atoms with E-state index in [1.165, 1.54) is 11.8 Å². The molecule has 3 rings (SSSR count). The second kappa shape index (κ2) is 9.95. The third-order valence-corrected chi connectivity index (χ3v) is 6.82. The van der Waals surface area contributed by atoms with Gasteiger partial charge in [0, 0.05) is 5.75 Å². The van der Waals surface area contributed by atoms with Crippen LogP contribution in [0, 0.1) is 0 Å². The van der Waals surface area contributed by atoms with Crippen LogP contribution in [0.5, 0.6) is 0 Å². The molecule has 7 atom stereocenters. The minimum absolute atomic E-state index is 0.00347. The molecule has 1 aliphatic heterocycles. The van der Waals surface area contributed by atoms with Gasteiger partial charge in [-0.2, -0.15) is 0 Å². The maximum atomic E-state index is 11.6. The number of hydrogen-bond acceptors (Lipinski definition) is 8. The first kappa shape index (κ1) is 23.5. The quantitative estimate of drug-likeness (QED) is 0.418. The fraction of sp³-hybridized carbons (Fsp3) is 0.667. The van der Waals surface area contributed by atoms with Crippen LogP contribution in [-0.4, -0.2) is 74.1 Å². The Hall–Kier alpha value is -1.20. The number of thioether (sulfide) groups is 1. The third-order valence-electron chi connectivity index (χ3n) is 5.83. The second-order valence-electron chi connectivity index (χ2n) is 8.06. The van der Waals surface area contributed by atoms with Gasteiger partial charge >= 0.3 is 5.97 Å². The van der Waals surface area contributed by atoms with Crippen molar-refractivity contribution in [1.29, 1.82) is 0 Å². The Morgan fingerprint density at radius 1 is 1.23 bits per heavy atom. The van der Waals surface area contributed by atoms with Gasteiger partial charge in [-0.25, -0.2) is 0 Å². The first-order chi connectivity index (χ1) is 14.2. The van der Waals surface area contributed by atoms with E-state index in [2.05, 4.69) is 0 Å². The van der Waals surface area contributed by atoms with Gasteiger partial charge in [-0.05, 0) is 30.9 Å². The number of aliphatic hydroxyl groups excluding tert-OH is 3. The zero-order chi connectivity index (χ0) is 21.9. The van der Waals surface area contributed by atoms with Crippen molar-refractivity contribution in [2.45, 2.75) is 80.8 Å². The highest BCUT2D eigenvalue weighted by Crippen LogP contribution is 2.41. The van der Waals surface area contributed by atoms with E-state index < -0.39 is 48.4 Å². The number of benzene rings is 1. The van der Waals surface area contributed by atoms with Crippen molar-refractivity contribution in [2.75, 3.05) is 5.75 Å². The normalized spacial score (nSPS) is 37.1. The Labute approximate surface area is 179 Å². The first-order valence-electron chi connectivity index (χ1n) is 10.2. The second-order valence-corrected chi connectivity index (χ2v) is 9.05. The summed E-state index contributed by atoms with van der Waals surface area (Å²) >= 11 is 1.28. The summed E-state index contributed by atoms with van der Waals surface area (Å²) in [6.07, 6.45) is -3.94. The van der Waals surface area contributed by atoms with E-state index in [0.29, 0.717) is 24.2 Å². The van der Waals surface area contributed by atoms with Gasteiger partial charge in [0.15, 0.2) is 6.29 Å². The molecule has 0 unspecified atom stereocenters. The highest BCUT2D eigenvalue weighted by Gasteiger charge is 2.48. The smallest absolute Gasteiger partial charge is 0.313 e. The first-order valence-corrected chi connectivity index (χ1v) is 11.3. The lowest BCUT2D eigenvalue weighted by molar-refractivity contribution is -0.321. The van der Waals surface area contributed by atoms with Crippen molar-refractivity contribution >= 4 is 17.7 Å². The lowest BCUT2D eigenvalue weighted by Gasteiger charge is -2.45. The van der Waals surface area contributed by atoms with Crippen molar-refractivity contribution in [2.24, 2.45) is 0 Å². The molecule has 0 bridgehead atoms. The molecule has 1 aromatic carbocycles. The number of carboxylic acids is 1. The van der Waals surface area contributed by atoms with Crippen LogP contribution >= 0.6 is 11.8 Å². The van der Waals surface area contributed by atoms with Crippen LogP contribution in [0.4, 0.5) is 0 Å². The highest BCUT2D eigenvalue weighted by molar-refractivity contribution is 7.99. The molecule has 0 radical (unpaired) electrons. The molecule has 2 fully saturated rings. The van der Waals surface area contributed by atoms with Crippen molar-refractivity contribution in [1.82, 2.24) is 0 Å². The summed E-state index contributed by atoms with van der Waals surface area (Å²) in [4.78, 5) is 10.7. The SMILES string of the molecule is C[C@@H]1O[C@@H](O[C@@H]2CCCC[C@@]2(O)c2cccc(CSCC(=O)O)c2)[C@@H](O)[C@H](O)[C@@H]1O. The molecule has 1 saturated carbocycles. The number of ether oxygens (including phenoxy) is 2. The molecule has 30 heavy (non-hydrogen) atoms. The molecule has 9 heteroatoms. The summed E-state index contributed by atoms with van der Waals surface area (Å²) < 4.78 is 11.5. The Balaban J connectivity index is 1.76. The Morgan fingerprint density at radius 3 is 2.73 bits per heavy atom. The van der Waals surface area contributed by atoms with Gasteiger partial charge in [-0.3, -0.25) is 4.79 Å². The molecular weight excluding hydrogens is 412 g/mol. The van der Waals surface area contributed by atoms with Crippen LogP contribution in [0.1, 0.15) is 43.7 Å². The van der Waals surface area contributed by atoms with Gasteiger partial charge in [0.2, 0.25) is 0 Å². The van der Waals surface area contributed by atoms with Crippen LogP contribution in [0.15, 0.2) is 24.3 Å². The summed E-state index contributed by atoms with van der Waals surface area (Å²) in [7, 11) is 0. The molecule has 1 aliphatic carbocycles. The highest BCUT2D eigenvalue weighted by atomic mass is 32.2. The predicted octanol–water partition coefficient (Wildman–Crippen LogP) is 0.979. The average molecular weight is 443 g/mol. The summed E-state index contributed by atoms with van der Waals surface area (Å²) in [5.41, 5.74) is 0.260. The molecular formula is C21H30O8S. The topological polar surface area (TPSA) is 137 Å². The maximum absolute atomic E-state index is 11.6. The average Bonchev–Trinajstić information content (AvgIpc) is 2.72. The van der Waals surface area contributed by atoms with Crippen LogP contribution in [0.3, 0.4) is 0 Å². The third kappa shape index (κ3) is 5.16. The molecule has 0 spiro atoms. The van der Waals surface area contributed by atoms with Crippen molar-refractivity contribution in [3.8, 4) is 0 Å². The van der Waals surface area contributed by atoms with Gasteiger partial charge in [-0.1, -0.05) is 37.1 Å². The van der Waals surface area contributed by atoms with E-state index in [9.17, 15) is 25.2 Å². The number of aliphatic carboxylic acids is 1. The number of carboxylic acid groups (broad SMARTS) is 1. The van der Waals surface area contributed by atoms with Crippen molar-refractivity contribution in [3.63, 3.8) is 0 Å². The molecule has 0 amide bonds. The number of rotatable bonds is 7. The maximum Gasteiger partial charge on any atom is 0.313 e. The van der Waals surface area contributed by atoms with Crippen LogP contribution in [-0.2, 0) is 25.6 Å². The molecule has 168 valence electrons. The number of hydrogen-bond donors (Lipinski definition) is 5. The van der Waals surface area contributed by atoms with Gasteiger partial charge in [0.05, 0.1) is 18.0 Å². The zero-order valence-corrected chi connectivity index (χ0v) is 17.7. The van der Waals surface area contributed by atoms with Gasteiger partial charge in [-0.15, -0.1) is 11.8 Å². The fourth-order valence-electron chi connectivity index (χ4n) is 4.11. The molecule has 8 nitrogen and oxygen atoms in total. The molecule has 1 heterocycles. The zero-order valence-electron chi connectivity index (χ0n) is 16.9. The standard InChI is InChI=1S/C21H30O8S/c1-12-17(24)18(25)19(26)20(28-12)29-15-7-2-3-8-21(15,27)14-6-4-5-13(9-14)10-30-11-16(22)23/h4-6,9,12,15,17-20,24-27H,2-3,7-8,10-11H2,1H3,(H,22,23)/t12-,15+,17+,18+,19-,20-,21+/m0/s1. The summed E-state index contributed by atoms with van der Waals surface area (Å²) in [5.74, 6) is -0.361. The van der Waals surface area contributed by atoms with Crippen LogP contribution < -0.4 is 0 Å². The minimum Gasteiger partial charge on any atom is -0.481 e.